The summed E-state index contributed by atoms with van der Waals surface area (Å²) in [4.78, 5) is 0. The van der Waals surface area contributed by atoms with Crippen LogP contribution in [-0.4, -0.2) is 0 Å². The molecule has 9 nitrogen and oxygen atoms in total. The highest BCUT2D eigenvalue weighted by Crippen LogP contribution is 2.75. The fourth-order valence-electron chi connectivity index (χ4n) is 12.6. The van der Waals surface area contributed by atoms with E-state index in [2.05, 4.69) is 192 Å². The third kappa shape index (κ3) is 8.53. The molecule has 3 aliphatic heterocycles. The van der Waals surface area contributed by atoms with Crippen molar-refractivity contribution >= 4 is 106 Å². The lowest BCUT2D eigenvalue weighted by Gasteiger charge is -2.38. The van der Waals surface area contributed by atoms with Crippen molar-refractivity contribution in [3.05, 3.63) is 267 Å². The van der Waals surface area contributed by atoms with E-state index in [-0.39, 0.29) is 0 Å². The van der Waals surface area contributed by atoms with Gasteiger partial charge in [0.1, 0.15) is 0 Å². The molecule has 0 bridgehead atoms. The van der Waals surface area contributed by atoms with Crippen molar-refractivity contribution in [2.45, 2.75) is 83.1 Å². The van der Waals surface area contributed by atoms with Gasteiger partial charge >= 0.3 is 22.3 Å². The molecule has 3 heterocycles. The first-order valence-electron chi connectivity index (χ1n) is 28.7. The Morgan fingerprint density at radius 2 is 0.369 bits per heavy atom. The first kappa shape index (κ1) is 54.9. The Labute approximate surface area is 495 Å². The van der Waals surface area contributed by atoms with E-state index >= 15 is 13.7 Å². The Bertz CT molecular complexity index is 3840. The largest absolute Gasteiger partial charge is 0.301 e. The number of fused-ring (bicyclic) bond motifs is 3. The summed E-state index contributed by atoms with van der Waals surface area (Å²) in [5.74, 6) is 0. The number of nitrogens with zero attached hydrogens (tertiary/aromatic N) is 6. The van der Waals surface area contributed by atoms with Gasteiger partial charge in [-0.1, -0.05) is 72.8 Å². The second-order valence-corrected chi connectivity index (χ2v) is 30.7. The summed E-state index contributed by atoms with van der Waals surface area (Å²) in [5, 5.41) is 1.09. The standard InChI is InChI=1S/C72H69N6O3P3/c1-46-19-13-25-58(31-46)73-67-37-52(7)53(8)38-68(67)74(59-26-14-20-47(2)32-59)82(73,79)64-43-65(83(80)75(60-27-15-21-48(3)33-60)69-39-54(9)55(10)40-70(69)76(83)61-28-16-22-49(4)34-61)45-66(44-64)84(81)77(62-29-17-23-50(5)35-62)71-41-56(11)57(12)42-72(71)78(84)63-30-18-24-51(6)36-63/h13-45H,1-12H3. The van der Waals surface area contributed by atoms with Gasteiger partial charge in [0.2, 0.25) is 0 Å². The van der Waals surface area contributed by atoms with Gasteiger partial charge in [0.15, 0.2) is 0 Å². The number of benzene rings is 10. The second kappa shape index (κ2) is 20.2. The highest BCUT2D eigenvalue weighted by Gasteiger charge is 2.56. The highest BCUT2D eigenvalue weighted by atomic mass is 31.2. The van der Waals surface area contributed by atoms with Gasteiger partial charge in [-0.05, 0) is 277 Å². The summed E-state index contributed by atoms with van der Waals surface area (Å²) in [6, 6.07) is 67.9. The van der Waals surface area contributed by atoms with Gasteiger partial charge in [0, 0.05) is 34.1 Å². The van der Waals surface area contributed by atoms with Crippen molar-refractivity contribution in [2.24, 2.45) is 0 Å². The highest BCUT2D eigenvalue weighted by molar-refractivity contribution is 7.79. The van der Waals surface area contributed by atoms with Crippen LogP contribution in [0.3, 0.4) is 0 Å². The van der Waals surface area contributed by atoms with Gasteiger partial charge in [0.05, 0.1) is 50.0 Å². The minimum atomic E-state index is -4.37. The third-order valence-electron chi connectivity index (χ3n) is 17.1. The number of hydrogen-bond donors (Lipinski definition) is 0. The van der Waals surface area contributed by atoms with Crippen molar-refractivity contribution in [3.8, 4) is 0 Å². The van der Waals surface area contributed by atoms with Crippen LogP contribution >= 0.6 is 22.3 Å². The molecule has 0 atom stereocenters. The molecular formula is C72H69N6O3P3. The molecule has 0 aliphatic carbocycles. The van der Waals surface area contributed by atoms with Gasteiger partial charge in [-0.2, -0.15) is 0 Å². The Balaban J connectivity index is 1.23. The van der Waals surface area contributed by atoms with Crippen molar-refractivity contribution in [2.75, 3.05) is 28.0 Å². The van der Waals surface area contributed by atoms with E-state index in [9.17, 15) is 0 Å². The molecule has 0 fully saturated rings. The fraction of sp³-hybridized carbons (Fsp3) is 0.167. The van der Waals surface area contributed by atoms with Crippen LogP contribution in [-0.2, 0) is 13.7 Å². The number of hydrogen-bond acceptors (Lipinski definition) is 3. The Morgan fingerprint density at radius 1 is 0.214 bits per heavy atom. The molecule has 10 aromatic carbocycles. The van der Waals surface area contributed by atoms with Crippen molar-refractivity contribution < 1.29 is 13.7 Å². The van der Waals surface area contributed by atoms with E-state index in [0.717, 1.165) is 135 Å². The van der Waals surface area contributed by atoms with Gasteiger partial charge in [0.25, 0.3) is 0 Å². The lowest BCUT2D eigenvalue weighted by atomic mass is 10.1. The Kier molecular flexibility index (Phi) is 13.2. The summed E-state index contributed by atoms with van der Waals surface area (Å²) in [6.07, 6.45) is 0. The molecule has 0 radical (unpaired) electrons. The SMILES string of the molecule is Cc1cccc(N2c3cc(C)c(C)cc3N(c3cccc(C)c3)P2(=O)c2cc(P3(=O)N(c4cccc(C)c4)c4cc(C)c(C)cc4N3c3cccc(C)c3)cc(P3(=O)N(c4cccc(C)c4)c4cc(C)c(C)cc4N3c3cccc(C)c3)c2)c1. The molecule has 0 N–H and O–H groups in total. The maximum atomic E-state index is 18.7. The molecule has 12 heteroatoms. The van der Waals surface area contributed by atoms with Gasteiger partial charge in [-0.15, -0.1) is 0 Å². The molecule has 0 saturated heterocycles. The molecule has 3 aliphatic rings. The zero-order chi connectivity index (χ0) is 58.9. The summed E-state index contributed by atoms with van der Waals surface area (Å²) in [6.45, 7) is 24.9. The average molecular weight is 1160 g/mol. The quantitative estimate of drug-likeness (QED) is 0.131. The van der Waals surface area contributed by atoms with Gasteiger partial charge < -0.3 is 0 Å². The van der Waals surface area contributed by atoms with Crippen LogP contribution in [0.5, 0.6) is 0 Å². The van der Waals surface area contributed by atoms with Crippen LogP contribution in [0, 0.1) is 83.1 Å². The third-order valence-corrected chi connectivity index (χ3v) is 25.9. The summed E-state index contributed by atoms with van der Waals surface area (Å²) < 4.78 is 68.4. The zero-order valence-corrected chi connectivity index (χ0v) is 52.5. The molecule has 13 rings (SSSR count). The molecule has 0 saturated carbocycles. The van der Waals surface area contributed by atoms with Crippen LogP contribution in [0.4, 0.5) is 68.2 Å². The molecular weight excluding hydrogens is 1090 g/mol. The Morgan fingerprint density at radius 3 is 0.512 bits per heavy atom. The second-order valence-electron chi connectivity index (χ2n) is 23.5. The topological polar surface area (TPSA) is 70.7 Å². The number of anilines is 12. The number of rotatable bonds is 9. The van der Waals surface area contributed by atoms with Crippen LogP contribution in [0.25, 0.3) is 0 Å². The van der Waals surface area contributed by atoms with Gasteiger partial charge in [-0.25, -0.2) is 0 Å². The van der Waals surface area contributed by atoms with E-state index in [1.807, 2.05) is 119 Å². The summed E-state index contributed by atoms with van der Waals surface area (Å²) >= 11 is 0. The van der Waals surface area contributed by atoms with E-state index in [0.29, 0.717) is 15.9 Å². The van der Waals surface area contributed by atoms with Crippen molar-refractivity contribution in [3.63, 3.8) is 0 Å². The predicted molar refractivity (Wildman–Crippen MR) is 356 cm³/mol. The Hall–Kier alpha value is -8.31. The monoisotopic (exact) mass is 1160 g/mol. The van der Waals surface area contributed by atoms with Gasteiger partial charge in [-0.3, -0.25) is 41.7 Å². The molecule has 0 amide bonds. The molecule has 0 aromatic heterocycles. The maximum absolute atomic E-state index is 18.7. The minimum Gasteiger partial charge on any atom is -0.270 e. The predicted octanol–water partition coefficient (Wildman–Crippen LogP) is 19.8. The van der Waals surface area contributed by atoms with E-state index in [1.165, 1.54) is 0 Å². The van der Waals surface area contributed by atoms with E-state index in [4.69, 9.17) is 0 Å². The molecule has 84 heavy (non-hydrogen) atoms. The van der Waals surface area contributed by atoms with Crippen molar-refractivity contribution in [1.29, 1.82) is 0 Å². The molecule has 420 valence electrons. The van der Waals surface area contributed by atoms with E-state index in [1.54, 1.807) is 0 Å². The van der Waals surface area contributed by atoms with Crippen LogP contribution < -0.4 is 43.9 Å². The molecule has 0 spiro atoms. The first-order chi connectivity index (χ1) is 40.2. The maximum Gasteiger partial charge on any atom is 0.301 e. The molecule has 0 unspecified atom stereocenters. The lowest BCUT2D eigenvalue weighted by molar-refractivity contribution is 0.582. The zero-order valence-electron chi connectivity index (χ0n) is 49.8. The first-order valence-corrected chi connectivity index (χ1v) is 33.6. The summed E-state index contributed by atoms with van der Waals surface area (Å²) in [5.41, 5.74) is 21.2. The van der Waals surface area contributed by atoms with Crippen LogP contribution in [0.1, 0.15) is 66.8 Å². The van der Waals surface area contributed by atoms with Crippen LogP contribution in [0.15, 0.2) is 200 Å². The molecule has 10 aromatic rings. The lowest BCUT2D eigenvalue weighted by Crippen LogP contribution is -2.37. The number of aryl methyl sites for hydroxylation is 12. The van der Waals surface area contributed by atoms with Crippen molar-refractivity contribution in [1.82, 2.24) is 0 Å². The minimum absolute atomic E-state index is 0.364. The summed E-state index contributed by atoms with van der Waals surface area (Å²) in [7, 11) is -13.1. The fourth-order valence-corrected chi connectivity index (χ4v) is 22.0. The normalized spacial score (nSPS) is 15.4. The average Bonchev–Trinajstić information content (AvgIpc) is 1.55. The van der Waals surface area contributed by atoms with E-state index < -0.39 is 22.3 Å². The van der Waals surface area contributed by atoms with Crippen LogP contribution in [0.2, 0.25) is 0 Å². The smallest absolute Gasteiger partial charge is 0.270 e.